The lowest BCUT2D eigenvalue weighted by Gasteiger charge is -2.12. The molecule has 2 heterocycles. The van der Waals surface area contributed by atoms with Crippen LogP contribution in [0.4, 0.5) is 24.8 Å². The number of benzene rings is 2. The highest BCUT2D eigenvalue weighted by molar-refractivity contribution is 5.81. The molecular formula is C16H12F3N5O. The number of rotatable bonds is 3. The molecule has 0 saturated heterocycles. The molecule has 4 rings (SSSR count). The highest BCUT2D eigenvalue weighted by Crippen LogP contribution is 2.35. The van der Waals surface area contributed by atoms with E-state index in [0.717, 1.165) is 11.6 Å². The molecule has 9 heteroatoms. The summed E-state index contributed by atoms with van der Waals surface area (Å²) in [5.41, 5.74) is 0.553. The largest absolute Gasteiger partial charge is 0.497 e. The van der Waals surface area contributed by atoms with E-state index in [1.165, 1.54) is 18.2 Å². The van der Waals surface area contributed by atoms with E-state index < -0.39 is 11.7 Å². The lowest BCUT2D eigenvalue weighted by Crippen LogP contribution is -2.09. The number of hydrogen-bond acceptors (Lipinski definition) is 4. The summed E-state index contributed by atoms with van der Waals surface area (Å²) in [7, 11) is 1.56. The second-order valence-corrected chi connectivity index (χ2v) is 5.34. The molecule has 0 spiro atoms. The van der Waals surface area contributed by atoms with Crippen LogP contribution in [0.2, 0.25) is 0 Å². The number of imidazole rings is 1. The predicted molar refractivity (Wildman–Crippen MR) is 86.1 cm³/mol. The van der Waals surface area contributed by atoms with Crippen LogP contribution in [0.15, 0.2) is 42.5 Å². The van der Waals surface area contributed by atoms with Gasteiger partial charge in [-0.1, -0.05) is 12.1 Å². The highest BCUT2D eigenvalue weighted by atomic mass is 19.4. The fraction of sp³-hybridized carbons (Fsp3) is 0.125. The van der Waals surface area contributed by atoms with Gasteiger partial charge in [-0.25, -0.2) is 9.50 Å². The van der Waals surface area contributed by atoms with Gasteiger partial charge < -0.3 is 10.1 Å². The third kappa shape index (κ3) is 2.63. The molecular weight excluding hydrogens is 335 g/mol. The van der Waals surface area contributed by atoms with Crippen LogP contribution >= 0.6 is 0 Å². The first kappa shape index (κ1) is 15.3. The number of ether oxygens (including phenoxy) is 1. The maximum atomic E-state index is 13.1. The molecule has 0 radical (unpaired) electrons. The number of nitrogens with zero attached hydrogens (tertiary/aromatic N) is 3. The lowest BCUT2D eigenvalue weighted by molar-refractivity contribution is -0.136. The fourth-order valence-corrected chi connectivity index (χ4v) is 2.61. The first-order valence-corrected chi connectivity index (χ1v) is 7.31. The smallest absolute Gasteiger partial charge is 0.418 e. The molecule has 0 aliphatic heterocycles. The van der Waals surface area contributed by atoms with Crippen molar-refractivity contribution in [3.8, 4) is 5.75 Å². The summed E-state index contributed by atoms with van der Waals surface area (Å²) in [4.78, 5) is 8.54. The van der Waals surface area contributed by atoms with Gasteiger partial charge in [0.2, 0.25) is 5.95 Å². The maximum absolute atomic E-state index is 13.1. The molecule has 0 aliphatic carbocycles. The average Bonchev–Trinajstić information content (AvgIpc) is 3.10. The van der Waals surface area contributed by atoms with Crippen LogP contribution in [0.25, 0.3) is 16.8 Å². The van der Waals surface area contributed by atoms with E-state index in [0.29, 0.717) is 17.0 Å². The van der Waals surface area contributed by atoms with E-state index in [4.69, 9.17) is 4.74 Å². The van der Waals surface area contributed by atoms with Crippen molar-refractivity contribution in [3.05, 3.63) is 48.0 Å². The number of halogens is 3. The van der Waals surface area contributed by atoms with Crippen LogP contribution in [0.1, 0.15) is 5.56 Å². The zero-order valence-electron chi connectivity index (χ0n) is 12.9. The minimum Gasteiger partial charge on any atom is -0.497 e. The van der Waals surface area contributed by atoms with E-state index in [9.17, 15) is 13.2 Å². The summed E-state index contributed by atoms with van der Waals surface area (Å²) in [5.74, 6) is 1.16. The van der Waals surface area contributed by atoms with Crippen molar-refractivity contribution in [3.63, 3.8) is 0 Å². The van der Waals surface area contributed by atoms with Gasteiger partial charge in [-0.2, -0.15) is 18.2 Å². The fourth-order valence-electron chi connectivity index (χ4n) is 2.61. The Kier molecular flexibility index (Phi) is 3.31. The topological polar surface area (TPSA) is 67.2 Å². The van der Waals surface area contributed by atoms with Crippen molar-refractivity contribution >= 4 is 28.4 Å². The summed E-state index contributed by atoms with van der Waals surface area (Å²) in [6, 6.07) is 10.5. The monoisotopic (exact) mass is 347 g/mol. The van der Waals surface area contributed by atoms with Crippen LogP contribution in [-0.4, -0.2) is 26.7 Å². The Morgan fingerprint density at radius 1 is 1.12 bits per heavy atom. The number of alkyl halides is 3. The molecule has 0 atom stereocenters. The molecule has 128 valence electrons. The van der Waals surface area contributed by atoms with Crippen LogP contribution in [0.3, 0.4) is 0 Å². The Morgan fingerprint density at radius 2 is 1.92 bits per heavy atom. The Labute approximate surface area is 139 Å². The Balaban J connectivity index is 1.74. The second kappa shape index (κ2) is 5.40. The molecule has 0 aliphatic rings. The minimum atomic E-state index is -4.46. The molecule has 0 saturated carbocycles. The number of fused-ring (bicyclic) bond motifs is 3. The number of para-hydroxylation sites is 1. The molecule has 0 fully saturated rings. The molecule has 2 aromatic heterocycles. The van der Waals surface area contributed by atoms with Gasteiger partial charge in [0, 0.05) is 6.07 Å². The second-order valence-electron chi connectivity index (χ2n) is 5.34. The van der Waals surface area contributed by atoms with E-state index in [1.54, 1.807) is 29.8 Å². The zero-order valence-corrected chi connectivity index (χ0v) is 12.9. The number of methoxy groups -OCH3 is 1. The first-order valence-electron chi connectivity index (χ1n) is 7.31. The van der Waals surface area contributed by atoms with Gasteiger partial charge in [0.25, 0.3) is 5.78 Å². The quantitative estimate of drug-likeness (QED) is 0.588. The van der Waals surface area contributed by atoms with Gasteiger partial charge in [0.05, 0.1) is 29.4 Å². The average molecular weight is 347 g/mol. The number of aromatic amines is 1. The van der Waals surface area contributed by atoms with Gasteiger partial charge in [-0.15, -0.1) is 0 Å². The number of anilines is 2. The lowest BCUT2D eigenvalue weighted by atomic mass is 10.1. The van der Waals surface area contributed by atoms with E-state index >= 15 is 0 Å². The van der Waals surface area contributed by atoms with Gasteiger partial charge in [0.15, 0.2) is 0 Å². The van der Waals surface area contributed by atoms with E-state index in [1.807, 2.05) is 0 Å². The number of nitrogens with one attached hydrogen (secondary N) is 2. The van der Waals surface area contributed by atoms with Crippen molar-refractivity contribution in [2.24, 2.45) is 0 Å². The molecule has 0 bridgehead atoms. The third-order valence-electron chi connectivity index (χ3n) is 3.76. The van der Waals surface area contributed by atoms with Gasteiger partial charge in [-0.05, 0) is 24.3 Å². The molecule has 0 amide bonds. The molecule has 2 N–H and O–H groups in total. The SMILES string of the molecule is COc1ccc2c(c1)nc1nc(Nc3ccccc3C(F)(F)F)[nH]n12. The van der Waals surface area contributed by atoms with Gasteiger partial charge in [-0.3, -0.25) is 5.10 Å². The van der Waals surface area contributed by atoms with Crippen molar-refractivity contribution in [2.75, 3.05) is 12.4 Å². The summed E-state index contributed by atoms with van der Waals surface area (Å²) >= 11 is 0. The van der Waals surface area contributed by atoms with Gasteiger partial charge in [0.1, 0.15) is 5.75 Å². The number of hydrogen-bond donors (Lipinski definition) is 2. The van der Waals surface area contributed by atoms with E-state index in [2.05, 4.69) is 20.4 Å². The van der Waals surface area contributed by atoms with Crippen molar-refractivity contribution < 1.29 is 17.9 Å². The third-order valence-corrected chi connectivity index (χ3v) is 3.76. The maximum Gasteiger partial charge on any atom is 0.418 e. The van der Waals surface area contributed by atoms with Crippen LogP contribution < -0.4 is 10.1 Å². The van der Waals surface area contributed by atoms with Crippen molar-refractivity contribution in [1.82, 2.24) is 19.6 Å². The van der Waals surface area contributed by atoms with Crippen LogP contribution in [0, 0.1) is 0 Å². The summed E-state index contributed by atoms with van der Waals surface area (Å²) in [5, 5.41) is 5.58. The Morgan fingerprint density at radius 3 is 2.68 bits per heavy atom. The van der Waals surface area contributed by atoms with Crippen molar-refractivity contribution in [2.45, 2.75) is 6.18 Å². The highest BCUT2D eigenvalue weighted by Gasteiger charge is 2.33. The molecule has 2 aromatic carbocycles. The zero-order chi connectivity index (χ0) is 17.6. The van der Waals surface area contributed by atoms with Crippen molar-refractivity contribution in [1.29, 1.82) is 0 Å². The molecule has 25 heavy (non-hydrogen) atoms. The molecule has 6 nitrogen and oxygen atoms in total. The van der Waals surface area contributed by atoms with E-state index in [-0.39, 0.29) is 11.6 Å². The van der Waals surface area contributed by atoms with Crippen LogP contribution in [-0.2, 0) is 6.18 Å². The predicted octanol–water partition coefficient (Wildman–Crippen LogP) is 3.98. The summed E-state index contributed by atoms with van der Waals surface area (Å²) in [6.07, 6.45) is -4.46. The number of aromatic nitrogens is 4. The Bertz CT molecular complexity index is 1070. The molecule has 0 unspecified atom stereocenters. The minimum absolute atomic E-state index is 0.0852. The number of H-pyrrole nitrogens is 1. The molecule has 4 aromatic rings. The normalized spacial score (nSPS) is 12.0. The van der Waals surface area contributed by atoms with Gasteiger partial charge >= 0.3 is 6.18 Å². The summed E-state index contributed by atoms with van der Waals surface area (Å²) < 4.78 is 46.0. The first-order chi connectivity index (χ1) is 12.0. The summed E-state index contributed by atoms with van der Waals surface area (Å²) in [6.45, 7) is 0. The Hall–Kier alpha value is -3.23. The van der Waals surface area contributed by atoms with Crippen LogP contribution in [0.5, 0.6) is 5.75 Å². The standard InChI is InChI=1S/C16H12F3N5O/c1-25-9-6-7-13-12(8-9)21-15-22-14(23-24(13)15)20-11-5-3-2-4-10(11)16(17,18)19/h2-8H,1H3,(H2,20,21,22,23).